The lowest BCUT2D eigenvalue weighted by Crippen LogP contribution is -1.96. The van der Waals surface area contributed by atoms with Gasteiger partial charge in [0.25, 0.3) is 0 Å². The van der Waals surface area contributed by atoms with Crippen molar-refractivity contribution in [3.8, 4) is 11.3 Å². The number of nitrogens with one attached hydrogen (secondary N) is 1. The molecular weight excluding hydrogens is 280 g/mol. The number of H-pyrrole nitrogens is 1. The number of carbonyl (C=O) groups is 1. The number of hydrogen-bond acceptors (Lipinski definition) is 4. The van der Waals surface area contributed by atoms with Crippen molar-refractivity contribution in [1.82, 2.24) is 19.9 Å². The van der Waals surface area contributed by atoms with E-state index in [1.165, 1.54) is 6.20 Å². The molecule has 22 heavy (non-hydrogen) atoms. The molecule has 0 unspecified atom stereocenters. The lowest BCUT2D eigenvalue weighted by molar-refractivity contribution is 0.0696. The molecule has 0 radical (unpaired) electrons. The molecule has 4 heterocycles. The third-order valence-corrected chi connectivity index (χ3v) is 3.54. The minimum Gasteiger partial charge on any atom is -0.478 e. The third-order valence-electron chi connectivity index (χ3n) is 3.54. The number of aromatic nitrogens is 4. The van der Waals surface area contributed by atoms with E-state index in [1.54, 1.807) is 24.7 Å². The average Bonchev–Trinajstić information content (AvgIpc) is 2.92. The van der Waals surface area contributed by atoms with Crippen LogP contribution in [0.3, 0.4) is 0 Å². The summed E-state index contributed by atoms with van der Waals surface area (Å²) in [6.07, 6.45) is 6.51. The van der Waals surface area contributed by atoms with Crippen molar-refractivity contribution in [3.05, 3.63) is 54.6 Å². The normalized spacial score (nSPS) is 11.1. The molecule has 0 aromatic carbocycles. The molecule has 0 amide bonds. The minimum atomic E-state index is -0.995. The largest absolute Gasteiger partial charge is 0.478 e. The maximum absolute atomic E-state index is 11.1. The number of aromatic carboxylic acids is 1. The highest BCUT2D eigenvalue weighted by atomic mass is 16.4. The van der Waals surface area contributed by atoms with Crippen LogP contribution in [-0.4, -0.2) is 31.0 Å². The summed E-state index contributed by atoms with van der Waals surface area (Å²) in [5.74, 6) is -0.995. The Kier molecular flexibility index (Phi) is 2.62. The predicted octanol–water partition coefficient (Wildman–Crippen LogP) is 2.87. The summed E-state index contributed by atoms with van der Waals surface area (Å²) in [5, 5.41) is 10.8. The van der Waals surface area contributed by atoms with Crippen LogP contribution in [-0.2, 0) is 0 Å². The maximum Gasteiger partial charge on any atom is 0.337 e. The van der Waals surface area contributed by atoms with Crippen molar-refractivity contribution < 1.29 is 9.90 Å². The first-order valence-corrected chi connectivity index (χ1v) is 6.63. The quantitative estimate of drug-likeness (QED) is 0.592. The SMILES string of the molecule is O=C(O)c1cnc2[nH]c3cnc(-c4cccnc4)cc3c2c1. The third kappa shape index (κ3) is 1.89. The Balaban J connectivity index is 1.99. The number of pyridine rings is 3. The summed E-state index contributed by atoms with van der Waals surface area (Å²) >= 11 is 0. The molecule has 0 saturated carbocycles. The summed E-state index contributed by atoms with van der Waals surface area (Å²) in [7, 11) is 0. The lowest BCUT2D eigenvalue weighted by Gasteiger charge is -2.00. The number of carboxylic acid groups (broad SMARTS) is 1. The van der Waals surface area contributed by atoms with Crippen molar-refractivity contribution in [1.29, 1.82) is 0 Å². The number of hydrogen-bond donors (Lipinski definition) is 2. The first-order chi connectivity index (χ1) is 10.7. The molecule has 0 saturated heterocycles. The Labute approximate surface area is 124 Å². The summed E-state index contributed by atoms with van der Waals surface area (Å²) in [4.78, 5) is 26.9. The van der Waals surface area contributed by atoms with Gasteiger partial charge >= 0.3 is 5.97 Å². The number of rotatable bonds is 2. The van der Waals surface area contributed by atoms with Gasteiger partial charge in [0.05, 0.1) is 23.0 Å². The van der Waals surface area contributed by atoms with Crippen LogP contribution < -0.4 is 0 Å². The molecule has 4 aromatic heterocycles. The fourth-order valence-corrected chi connectivity index (χ4v) is 2.46. The van der Waals surface area contributed by atoms with Crippen LogP contribution in [0.15, 0.2) is 49.1 Å². The summed E-state index contributed by atoms with van der Waals surface area (Å²) in [5.41, 5.74) is 3.30. The van der Waals surface area contributed by atoms with E-state index in [9.17, 15) is 4.79 Å². The highest BCUT2D eigenvalue weighted by Crippen LogP contribution is 2.27. The van der Waals surface area contributed by atoms with Gasteiger partial charge in [0, 0.05) is 34.9 Å². The molecule has 0 atom stereocenters. The van der Waals surface area contributed by atoms with Crippen molar-refractivity contribution >= 4 is 27.9 Å². The predicted molar refractivity (Wildman–Crippen MR) is 81.6 cm³/mol. The molecule has 4 rings (SSSR count). The van der Waals surface area contributed by atoms with Gasteiger partial charge in [0.2, 0.25) is 0 Å². The van der Waals surface area contributed by atoms with E-state index in [-0.39, 0.29) is 5.56 Å². The van der Waals surface area contributed by atoms with E-state index < -0.39 is 5.97 Å². The van der Waals surface area contributed by atoms with Crippen LogP contribution in [0.4, 0.5) is 0 Å². The zero-order valence-electron chi connectivity index (χ0n) is 11.3. The van der Waals surface area contributed by atoms with Gasteiger partial charge in [-0.1, -0.05) is 0 Å². The molecule has 0 bridgehead atoms. The Bertz CT molecular complexity index is 1010. The molecule has 106 valence electrons. The van der Waals surface area contributed by atoms with Gasteiger partial charge in [0.15, 0.2) is 0 Å². The lowest BCUT2D eigenvalue weighted by atomic mass is 10.1. The number of aromatic amines is 1. The van der Waals surface area contributed by atoms with E-state index in [1.807, 2.05) is 18.2 Å². The van der Waals surface area contributed by atoms with Crippen molar-refractivity contribution in [3.63, 3.8) is 0 Å². The van der Waals surface area contributed by atoms with Crippen molar-refractivity contribution in [2.24, 2.45) is 0 Å². The van der Waals surface area contributed by atoms with Gasteiger partial charge in [-0.25, -0.2) is 9.78 Å². The van der Waals surface area contributed by atoms with Gasteiger partial charge in [0.1, 0.15) is 5.65 Å². The summed E-state index contributed by atoms with van der Waals surface area (Å²) in [6.45, 7) is 0. The molecule has 0 aliphatic heterocycles. The molecule has 6 nitrogen and oxygen atoms in total. The number of fused-ring (bicyclic) bond motifs is 3. The van der Waals surface area contributed by atoms with Gasteiger partial charge in [-0.15, -0.1) is 0 Å². The zero-order valence-corrected chi connectivity index (χ0v) is 11.3. The van der Waals surface area contributed by atoms with Gasteiger partial charge < -0.3 is 10.1 Å². The second-order valence-corrected chi connectivity index (χ2v) is 4.91. The highest BCUT2D eigenvalue weighted by Gasteiger charge is 2.11. The van der Waals surface area contributed by atoms with E-state index in [0.29, 0.717) is 5.65 Å². The van der Waals surface area contributed by atoms with E-state index >= 15 is 0 Å². The molecule has 0 aliphatic rings. The van der Waals surface area contributed by atoms with Crippen LogP contribution in [0.2, 0.25) is 0 Å². The first kappa shape index (κ1) is 12.5. The number of carboxylic acids is 1. The van der Waals surface area contributed by atoms with E-state index in [4.69, 9.17) is 5.11 Å². The van der Waals surface area contributed by atoms with Gasteiger partial charge in [-0.05, 0) is 24.3 Å². The Morgan fingerprint density at radius 2 is 2.00 bits per heavy atom. The topological polar surface area (TPSA) is 91.8 Å². The Hall–Kier alpha value is -3.28. The molecule has 0 spiro atoms. The van der Waals surface area contributed by atoms with Gasteiger partial charge in [-0.2, -0.15) is 0 Å². The average molecular weight is 290 g/mol. The van der Waals surface area contributed by atoms with E-state index in [0.717, 1.165) is 27.5 Å². The first-order valence-electron chi connectivity index (χ1n) is 6.63. The van der Waals surface area contributed by atoms with Crippen molar-refractivity contribution in [2.45, 2.75) is 0 Å². The second-order valence-electron chi connectivity index (χ2n) is 4.91. The standard InChI is InChI=1S/C16H10N4O2/c21-16(22)10-4-12-11-5-13(9-2-1-3-17-6-9)18-8-14(11)20-15(12)19-7-10/h1-8H,(H,19,20)(H,21,22). The molecule has 0 fully saturated rings. The monoisotopic (exact) mass is 290 g/mol. The Morgan fingerprint density at radius 3 is 2.77 bits per heavy atom. The second kappa shape index (κ2) is 4.63. The zero-order chi connectivity index (χ0) is 15.1. The van der Waals surface area contributed by atoms with Crippen molar-refractivity contribution in [2.75, 3.05) is 0 Å². The molecule has 2 N–H and O–H groups in total. The summed E-state index contributed by atoms with van der Waals surface area (Å²) in [6, 6.07) is 7.31. The molecule has 4 aromatic rings. The van der Waals surface area contributed by atoms with Crippen LogP contribution in [0.25, 0.3) is 33.2 Å². The van der Waals surface area contributed by atoms with Crippen LogP contribution >= 0.6 is 0 Å². The molecule has 6 heteroatoms. The van der Waals surface area contributed by atoms with Gasteiger partial charge in [-0.3, -0.25) is 9.97 Å². The minimum absolute atomic E-state index is 0.160. The molecule has 0 aliphatic carbocycles. The maximum atomic E-state index is 11.1. The van der Waals surface area contributed by atoms with Crippen LogP contribution in [0.5, 0.6) is 0 Å². The van der Waals surface area contributed by atoms with Crippen LogP contribution in [0.1, 0.15) is 10.4 Å². The van der Waals surface area contributed by atoms with Crippen LogP contribution in [0, 0.1) is 0 Å². The fourth-order valence-electron chi connectivity index (χ4n) is 2.46. The number of nitrogens with zero attached hydrogens (tertiary/aromatic N) is 3. The molecular formula is C16H10N4O2. The highest BCUT2D eigenvalue weighted by molar-refractivity contribution is 6.08. The Morgan fingerprint density at radius 1 is 1.09 bits per heavy atom. The van der Waals surface area contributed by atoms with E-state index in [2.05, 4.69) is 19.9 Å². The summed E-state index contributed by atoms with van der Waals surface area (Å²) < 4.78 is 0. The smallest absolute Gasteiger partial charge is 0.337 e. The fraction of sp³-hybridized carbons (Fsp3) is 0.